The van der Waals surface area contributed by atoms with E-state index >= 15 is 0 Å². The Bertz CT molecular complexity index is 590. The normalized spacial score (nSPS) is 10.2. The average Bonchev–Trinajstić information content (AvgIpc) is 2.47. The molecule has 3 heteroatoms. The topological polar surface area (TPSA) is 29.5 Å². The Morgan fingerprint density at radius 3 is 2.40 bits per heavy atom. The highest BCUT2D eigenvalue weighted by Gasteiger charge is 2.12. The first kappa shape index (κ1) is 14.1. The van der Waals surface area contributed by atoms with Crippen LogP contribution < -0.4 is 9.64 Å². The molecular formula is C17H19NO2. The number of anilines is 1. The van der Waals surface area contributed by atoms with Crippen molar-refractivity contribution < 1.29 is 9.53 Å². The molecule has 0 bridgehead atoms. The van der Waals surface area contributed by atoms with Crippen molar-refractivity contribution in [2.24, 2.45) is 0 Å². The van der Waals surface area contributed by atoms with Crippen LogP contribution in [0.4, 0.5) is 5.69 Å². The molecule has 0 saturated heterocycles. The monoisotopic (exact) mass is 269 g/mol. The minimum atomic E-state index is 0.0957. The van der Waals surface area contributed by atoms with E-state index in [-0.39, 0.29) is 5.78 Å². The number of Topliss-reactive ketones (excluding diaryl/α,β-unsaturated/α-hetero) is 1. The lowest BCUT2D eigenvalue weighted by molar-refractivity contribution is 0.100. The van der Waals surface area contributed by atoms with E-state index in [9.17, 15) is 4.79 Å². The minimum absolute atomic E-state index is 0.0957. The first-order valence-electron chi connectivity index (χ1n) is 6.56. The van der Waals surface area contributed by atoms with Crippen LogP contribution in [0.25, 0.3) is 0 Å². The van der Waals surface area contributed by atoms with Gasteiger partial charge in [0.15, 0.2) is 5.78 Å². The second-order valence-electron chi connectivity index (χ2n) is 4.82. The number of ketones is 1. The van der Waals surface area contributed by atoms with E-state index in [0.717, 1.165) is 22.6 Å². The van der Waals surface area contributed by atoms with Crippen LogP contribution in [0.1, 0.15) is 15.9 Å². The summed E-state index contributed by atoms with van der Waals surface area (Å²) in [6.45, 7) is 2.33. The van der Waals surface area contributed by atoms with Gasteiger partial charge in [-0.15, -0.1) is 0 Å². The Kier molecular flexibility index (Phi) is 4.41. The molecule has 0 unspecified atom stereocenters. The molecule has 0 radical (unpaired) electrons. The van der Waals surface area contributed by atoms with E-state index in [4.69, 9.17) is 4.74 Å². The van der Waals surface area contributed by atoms with Gasteiger partial charge in [-0.1, -0.05) is 42.0 Å². The maximum Gasteiger partial charge on any atom is 0.182 e. The van der Waals surface area contributed by atoms with Crippen LogP contribution in [-0.4, -0.2) is 26.5 Å². The van der Waals surface area contributed by atoms with E-state index in [2.05, 4.69) is 0 Å². The lowest BCUT2D eigenvalue weighted by Gasteiger charge is -2.20. The van der Waals surface area contributed by atoms with Crippen LogP contribution >= 0.6 is 0 Å². The molecule has 0 atom stereocenters. The van der Waals surface area contributed by atoms with E-state index in [1.54, 1.807) is 7.11 Å². The van der Waals surface area contributed by atoms with Gasteiger partial charge in [0.05, 0.1) is 19.3 Å². The molecular weight excluding hydrogens is 250 g/mol. The van der Waals surface area contributed by atoms with Crippen LogP contribution in [0.2, 0.25) is 0 Å². The molecule has 0 amide bonds. The first-order valence-corrected chi connectivity index (χ1v) is 6.56. The van der Waals surface area contributed by atoms with Crippen molar-refractivity contribution in [3.8, 4) is 5.75 Å². The molecule has 104 valence electrons. The number of carbonyl (C=O) groups excluding carboxylic acids is 1. The molecule has 2 rings (SSSR count). The van der Waals surface area contributed by atoms with Gasteiger partial charge in [0.1, 0.15) is 5.75 Å². The lowest BCUT2D eigenvalue weighted by atomic mass is 10.1. The van der Waals surface area contributed by atoms with Crippen molar-refractivity contribution >= 4 is 11.5 Å². The Morgan fingerprint density at radius 2 is 1.75 bits per heavy atom. The number of aryl methyl sites for hydroxylation is 1. The van der Waals surface area contributed by atoms with Crippen molar-refractivity contribution in [1.29, 1.82) is 0 Å². The summed E-state index contributed by atoms with van der Waals surface area (Å²) in [6, 6.07) is 15.3. The number of para-hydroxylation sites is 2. The summed E-state index contributed by atoms with van der Waals surface area (Å²) in [5.74, 6) is 0.866. The fraction of sp³-hybridized carbons (Fsp3) is 0.235. The number of rotatable bonds is 5. The number of nitrogens with zero attached hydrogens (tertiary/aromatic N) is 1. The third-order valence-corrected chi connectivity index (χ3v) is 3.25. The van der Waals surface area contributed by atoms with Gasteiger partial charge in [0, 0.05) is 12.6 Å². The highest BCUT2D eigenvalue weighted by molar-refractivity contribution is 5.99. The number of ether oxygens (including phenoxy) is 1. The smallest absolute Gasteiger partial charge is 0.182 e. The molecule has 0 aliphatic heterocycles. The van der Waals surface area contributed by atoms with Crippen LogP contribution in [0, 0.1) is 6.92 Å². The highest BCUT2D eigenvalue weighted by atomic mass is 16.5. The number of methoxy groups -OCH3 is 1. The van der Waals surface area contributed by atoms with Crippen LogP contribution in [0.15, 0.2) is 48.5 Å². The Balaban J connectivity index is 2.13. The highest BCUT2D eigenvalue weighted by Crippen LogP contribution is 2.26. The number of carbonyl (C=O) groups is 1. The van der Waals surface area contributed by atoms with Gasteiger partial charge < -0.3 is 9.64 Å². The summed E-state index contributed by atoms with van der Waals surface area (Å²) in [6.07, 6.45) is 0. The molecule has 0 spiro atoms. The predicted octanol–water partition coefficient (Wildman–Crippen LogP) is 3.32. The summed E-state index contributed by atoms with van der Waals surface area (Å²) in [4.78, 5) is 14.2. The summed E-state index contributed by atoms with van der Waals surface area (Å²) >= 11 is 0. The van der Waals surface area contributed by atoms with Gasteiger partial charge in [0.25, 0.3) is 0 Å². The zero-order chi connectivity index (χ0) is 14.5. The quantitative estimate of drug-likeness (QED) is 0.780. The number of hydrogen-bond acceptors (Lipinski definition) is 3. The fourth-order valence-corrected chi connectivity index (χ4v) is 2.08. The van der Waals surface area contributed by atoms with Crippen molar-refractivity contribution in [2.45, 2.75) is 6.92 Å². The molecule has 0 aromatic heterocycles. The lowest BCUT2D eigenvalue weighted by Crippen LogP contribution is -2.26. The molecule has 0 fully saturated rings. The molecule has 0 saturated carbocycles. The van der Waals surface area contributed by atoms with Crippen molar-refractivity contribution in [3.05, 3.63) is 59.7 Å². The van der Waals surface area contributed by atoms with E-state index in [1.165, 1.54) is 0 Å². The van der Waals surface area contributed by atoms with Crippen LogP contribution in [-0.2, 0) is 0 Å². The Labute approximate surface area is 119 Å². The van der Waals surface area contributed by atoms with E-state index < -0.39 is 0 Å². The maximum absolute atomic E-state index is 12.3. The van der Waals surface area contributed by atoms with Crippen molar-refractivity contribution in [1.82, 2.24) is 0 Å². The molecule has 0 aliphatic carbocycles. The number of likely N-dealkylation sites (N-methyl/N-ethyl adjacent to an activating group) is 1. The predicted molar refractivity (Wildman–Crippen MR) is 81.8 cm³/mol. The zero-order valence-corrected chi connectivity index (χ0v) is 12.1. The largest absolute Gasteiger partial charge is 0.495 e. The molecule has 20 heavy (non-hydrogen) atoms. The first-order chi connectivity index (χ1) is 9.61. The standard InChI is InChI=1S/C17H19NO2/c1-13-8-10-14(11-9-13)16(19)12-18(2)15-6-4-5-7-17(15)20-3/h4-11H,12H2,1-3H3. The summed E-state index contributed by atoms with van der Waals surface area (Å²) in [7, 11) is 3.53. The van der Waals surface area contributed by atoms with Gasteiger partial charge in [-0.05, 0) is 19.1 Å². The van der Waals surface area contributed by atoms with E-state index in [0.29, 0.717) is 6.54 Å². The SMILES string of the molecule is COc1ccccc1N(C)CC(=O)c1ccc(C)cc1. The third-order valence-electron chi connectivity index (χ3n) is 3.25. The second-order valence-corrected chi connectivity index (χ2v) is 4.82. The van der Waals surface area contributed by atoms with Gasteiger partial charge in [0.2, 0.25) is 0 Å². The van der Waals surface area contributed by atoms with Crippen molar-refractivity contribution in [3.63, 3.8) is 0 Å². The van der Waals surface area contributed by atoms with Crippen LogP contribution in [0.3, 0.4) is 0 Å². The molecule has 3 nitrogen and oxygen atoms in total. The Hall–Kier alpha value is -2.29. The summed E-state index contributed by atoms with van der Waals surface area (Å²) in [5.41, 5.74) is 2.80. The van der Waals surface area contributed by atoms with Gasteiger partial charge >= 0.3 is 0 Å². The second kappa shape index (κ2) is 6.24. The minimum Gasteiger partial charge on any atom is -0.495 e. The molecule has 0 N–H and O–H groups in total. The number of hydrogen-bond donors (Lipinski definition) is 0. The fourth-order valence-electron chi connectivity index (χ4n) is 2.08. The summed E-state index contributed by atoms with van der Waals surface area (Å²) < 4.78 is 5.32. The zero-order valence-electron chi connectivity index (χ0n) is 12.1. The van der Waals surface area contributed by atoms with E-state index in [1.807, 2.05) is 67.4 Å². The van der Waals surface area contributed by atoms with Gasteiger partial charge in [-0.2, -0.15) is 0 Å². The molecule has 2 aromatic carbocycles. The van der Waals surface area contributed by atoms with Crippen molar-refractivity contribution in [2.75, 3.05) is 25.6 Å². The molecule has 0 aliphatic rings. The summed E-state index contributed by atoms with van der Waals surface area (Å²) in [5, 5.41) is 0. The Morgan fingerprint density at radius 1 is 1.10 bits per heavy atom. The van der Waals surface area contributed by atoms with Crippen LogP contribution in [0.5, 0.6) is 5.75 Å². The average molecular weight is 269 g/mol. The molecule has 2 aromatic rings. The third kappa shape index (κ3) is 3.18. The maximum atomic E-state index is 12.3. The number of benzene rings is 2. The van der Waals surface area contributed by atoms with Gasteiger partial charge in [-0.25, -0.2) is 0 Å². The van der Waals surface area contributed by atoms with Gasteiger partial charge in [-0.3, -0.25) is 4.79 Å². The molecule has 0 heterocycles.